The molecule has 0 atom stereocenters. The first-order valence-electron chi connectivity index (χ1n) is 7.37. The van der Waals surface area contributed by atoms with E-state index in [0.29, 0.717) is 5.56 Å². The van der Waals surface area contributed by atoms with Gasteiger partial charge >= 0.3 is 5.97 Å². The Kier molecular flexibility index (Phi) is 6.25. The van der Waals surface area contributed by atoms with Gasteiger partial charge < -0.3 is 10.1 Å². The third-order valence-electron chi connectivity index (χ3n) is 3.41. The first-order chi connectivity index (χ1) is 11.9. The number of Topliss-reactive ketones (excluding diaryl/α,β-unsaturated/α-hetero) is 1. The SMILES string of the molecule is COC(=O)c1ccc(Cl)c(NC(=O)CCC(=O)c2ccc(F)cc2)c1. The summed E-state index contributed by atoms with van der Waals surface area (Å²) in [6.45, 7) is 0. The van der Waals surface area contributed by atoms with Gasteiger partial charge in [0, 0.05) is 18.4 Å². The Balaban J connectivity index is 1.97. The molecule has 0 fully saturated rings. The fraction of sp³-hybridized carbons (Fsp3) is 0.167. The van der Waals surface area contributed by atoms with Crippen LogP contribution in [0.2, 0.25) is 5.02 Å². The number of rotatable bonds is 6. The Morgan fingerprint density at radius 1 is 1.04 bits per heavy atom. The van der Waals surface area contributed by atoms with Gasteiger partial charge in [-0.2, -0.15) is 0 Å². The maximum Gasteiger partial charge on any atom is 0.337 e. The molecule has 25 heavy (non-hydrogen) atoms. The fourth-order valence-electron chi connectivity index (χ4n) is 2.09. The van der Waals surface area contributed by atoms with Gasteiger partial charge in [-0.25, -0.2) is 9.18 Å². The highest BCUT2D eigenvalue weighted by molar-refractivity contribution is 6.33. The zero-order chi connectivity index (χ0) is 18.4. The number of anilines is 1. The topological polar surface area (TPSA) is 72.5 Å². The van der Waals surface area contributed by atoms with Gasteiger partial charge in [0.25, 0.3) is 0 Å². The molecule has 0 aliphatic heterocycles. The van der Waals surface area contributed by atoms with E-state index in [4.69, 9.17) is 11.6 Å². The van der Waals surface area contributed by atoms with Crippen molar-refractivity contribution in [2.75, 3.05) is 12.4 Å². The van der Waals surface area contributed by atoms with Gasteiger partial charge in [-0.1, -0.05) is 11.6 Å². The van der Waals surface area contributed by atoms with E-state index in [1.54, 1.807) is 0 Å². The Morgan fingerprint density at radius 3 is 2.32 bits per heavy atom. The number of carbonyl (C=O) groups excluding carboxylic acids is 3. The van der Waals surface area contributed by atoms with Crippen molar-refractivity contribution in [1.82, 2.24) is 0 Å². The molecule has 0 radical (unpaired) electrons. The molecule has 2 aromatic carbocycles. The van der Waals surface area contributed by atoms with E-state index in [1.165, 1.54) is 49.6 Å². The zero-order valence-corrected chi connectivity index (χ0v) is 14.1. The Bertz CT molecular complexity index is 805. The van der Waals surface area contributed by atoms with Crippen LogP contribution < -0.4 is 5.32 Å². The molecule has 2 aromatic rings. The predicted octanol–water partition coefficient (Wildman–Crippen LogP) is 3.87. The number of esters is 1. The lowest BCUT2D eigenvalue weighted by molar-refractivity contribution is -0.116. The van der Waals surface area contributed by atoms with Gasteiger partial charge in [0.15, 0.2) is 5.78 Å². The Hall–Kier alpha value is -2.73. The molecule has 0 spiro atoms. The standard InChI is InChI=1S/C18H15ClFNO4/c1-25-18(24)12-4-7-14(19)15(10-12)21-17(23)9-8-16(22)11-2-5-13(20)6-3-11/h2-7,10H,8-9H2,1H3,(H,21,23). The molecule has 1 N–H and O–H groups in total. The number of benzene rings is 2. The summed E-state index contributed by atoms with van der Waals surface area (Å²) in [6.07, 6.45) is -0.110. The minimum atomic E-state index is -0.557. The van der Waals surface area contributed by atoms with Crippen molar-refractivity contribution in [3.05, 3.63) is 64.4 Å². The van der Waals surface area contributed by atoms with Gasteiger partial charge in [-0.15, -0.1) is 0 Å². The second-order valence-electron chi connectivity index (χ2n) is 5.16. The maximum absolute atomic E-state index is 12.8. The molecule has 2 rings (SSSR count). The molecule has 0 saturated heterocycles. The Labute approximate surface area is 148 Å². The molecule has 7 heteroatoms. The number of nitrogens with one attached hydrogen (secondary N) is 1. The quantitative estimate of drug-likeness (QED) is 0.624. The van der Waals surface area contributed by atoms with Gasteiger partial charge in [-0.05, 0) is 42.5 Å². The van der Waals surface area contributed by atoms with Crippen LogP contribution in [0.3, 0.4) is 0 Å². The number of ether oxygens (including phenoxy) is 1. The van der Waals surface area contributed by atoms with Crippen molar-refractivity contribution in [1.29, 1.82) is 0 Å². The maximum atomic E-state index is 12.8. The number of methoxy groups -OCH3 is 1. The van der Waals surface area contributed by atoms with Crippen LogP contribution in [-0.2, 0) is 9.53 Å². The van der Waals surface area contributed by atoms with E-state index in [2.05, 4.69) is 10.1 Å². The van der Waals surface area contributed by atoms with Crippen molar-refractivity contribution in [3.63, 3.8) is 0 Å². The molecule has 0 unspecified atom stereocenters. The molecular weight excluding hydrogens is 349 g/mol. The highest BCUT2D eigenvalue weighted by Crippen LogP contribution is 2.24. The lowest BCUT2D eigenvalue weighted by Gasteiger charge is -2.09. The van der Waals surface area contributed by atoms with Crippen molar-refractivity contribution in [2.45, 2.75) is 12.8 Å². The van der Waals surface area contributed by atoms with Crippen molar-refractivity contribution in [3.8, 4) is 0 Å². The van der Waals surface area contributed by atoms with Crippen LogP contribution in [-0.4, -0.2) is 24.8 Å². The van der Waals surface area contributed by atoms with Crippen LogP contribution >= 0.6 is 11.6 Å². The largest absolute Gasteiger partial charge is 0.465 e. The van der Waals surface area contributed by atoms with Crippen LogP contribution in [0.4, 0.5) is 10.1 Å². The second kappa shape index (κ2) is 8.39. The fourth-order valence-corrected chi connectivity index (χ4v) is 2.25. The number of hydrogen-bond donors (Lipinski definition) is 1. The Morgan fingerprint density at radius 2 is 1.68 bits per heavy atom. The molecule has 1 amide bonds. The van der Waals surface area contributed by atoms with E-state index >= 15 is 0 Å². The molecule has 5 nitrogen and oxygen atoms in total. The summed E-state index contributed by atoms with van der Waals surface area (Å²) < 4.78 is 17.4. The van der Waals surface area contributed by atoms with E-state index in [1.807, 2.05) is 0 Å². The summed E-state index contributed by atoms with van der Waals surface area (Å²) in [5.41, 5.74) is 0.827. The van der Waals surface area contributed by atoms with Gasteiger partial charge in [0.05, 0.1) is 23.4 Å². The summed E-state index contributed by atoms with van der Waals surface area (Å²) in [6, 6.07) is 9.44. The number of amides is 1. The highest BCUT2D eigenvalue weighted by Gasteiger charge is 2.13. The lowest BCUT2D eigenvalue weighted by atomic mass is 10.1. The third-order valence-corrected chi connectivity index (χ3v) is 3.74. The first kappa shape index (κ1) is 18.6. The molecule has 0 aromatic heterocycles. The predicted molar refractivity (Wildman–Crippen MR) is 91.4 cm³/mol. The highest BCUT2D eigenvalue weighted by atomic mass is 35.5. The van der Waals surface area contributed by atoms with E-state index in [0.717, 1.165) is 0 Å². The molecule has 130 valence electrons. The second-order valence-corrected chi connectivity index (χ2v) is 5.57. The normalized spacial score (nSPS) is 10.2. The van der Waals surface area contributed by atoms with Gasteiger partial charge in [0.1, 0.15) is 5.82 Å². The molecular formula is C18H15ClFNO4. The average molecular weight is 364 g/mol. The van der Waals surface area contributed by atoms with E-state index in [-0.39, 0.29) is 34.9 Å². The molecule has 0 saturated carbocycles. The minimum absolute atomic E-state index is 0.0359. The van der Waals surface area contributed by atoms with Crippen LogP contribution in [0.25, 0.3) is 0 Å². The first-order valence-corrected chi connectivity index (χ1v) is 7.75. The van der Waals surface area contributed by atoms with Crippen LogP contribution in [0.5, 0.6) is 0 Å². The van der Waals surface area contributed by atoms with Gasteiger partial charge in [0.2, 0.25) is 5.91 Å². The number of ketones is 1. The van der Waals surface area contributed by atoms with E-state index in [9.17, 15) is 18.8 Å². The summed E-state index contributed by atoms with van der Waals surface area (Å²) >= 11 is 5.99. The lowest BCUT2D eigenvalue weighted by Crippen LogP contribution is -2.14. The summed E-state index contributed by atoms with van der Waals surface area (Å²) in [7, 11) is 1.25. The van der Waals surface area contributed by atoms with Crippen molar-refractivity contribution < 1.29 is 23.5 Å². The van der Waals surface area contributed by atoms with E-state index < -0.39 is 17.7 Å². The molecule has 0 bridgehead atoms. The van der Waals surface area contributed by atoms with Gasteiger partial charge in [-0.3, -0.25) is 9.59 Å². The number of hydrogen-bond acceptors (Lipinski definition) is 4. The van der Waals surface area contributed by atoms with Crippen LogP contribution in [0, 0.1) is 5.82 Å². The zero-order valence-electron chi connectivity index (χ0n) is 13.3. The minimum Gasteiger partial charge on any atom is -0.465 e. The third kappa shape index (κ3) is 5.12. The number of carbonyl (C=O) groups is 3. The molecule has 0 aliphatic carbocycles. The smallest absolute Gasteiger partial charge is 0.337 e. The summed E-state index contributed by atoms with van der Waals surface area (Å²) in [5.74, 6) is -1.70. The van der Waals surface area contributed by atoms with Crippen molar-refractivity contribution >= 4 is 34.9 Å². The van der Waals surface area contributed by atoms with Crippen LogP contribution in [0.15, 0.2) is 42.5 Å². The number of halogens is 2. The molecule has 0 heterocycles. The van der Waals surface area contributed by atoms with Crippen molar-refractivity contribution in [2.24, 2.45) is 0 Å². The monoisotopic (exact) mass is 363 g/mol. The summed E-state index contributed by atoms with van der Waals surface area (Å²) in [5, 5.41) is 2.81. The summed E-state index contributed by atoms with van der Waals surface area (Å²) in [4.78, 5) is 35.5. The molecule has 0 aliphatic rings. The van der Waals surface area contributed by atoms with Crippen LogP contribution in [0.1, 0.15) is 33.6 Å². The average Bonchev–Trinajstić information content (AvgIpc) is 2.61.